The summed E-state index contributed by atoms with van der Waals surface area (Å²) in [6.45, 7) is 0. The fourth-order valence-electron chi connectivity index (χ4n) is 0.561. The second-order valence-corrected chi connectivity index (χ2v) is 3.05. The van der Waals surface area contributed by atoms with Crippen molar-refractivity contribution >= 4 is 23.5 Å². The van der Waals surface area contributed by atoms with Crippen LogP contribution in [0.3, 0.4) is 0 Å². The van der Waals surface area contributed by atoms with Crippen molar-refractivity contribution in [1.82, 2.24) is 0 Å². The monoisotopic (exact) mass is 188 g/mol. The van der Waals surface area contributed by atoms with Crippen LogP contribution in [0.25, 0.3) is 0 Å². The molecule has 0 bridgehead atoms. The lowest BCUT2D eigenvalue weighted by molar-refractivity contribution is -0.284. The molecule has 1 rings (SSSR count). The van der Waals surface area contributed by atoms with Crippen molar-refractivity contribution in [3.63, 3.8) is 0 Å². The van der Waals surface area contributed by atoms with Crippen LogP contribution in [0.15, 0.2) is 23.1 Å². The van der Waals surface area contributed by atoms with Crippen molar-refractivity contribution in [3.8, 4) is 0 Å². The molecule has 0 heterocycles. The summed E-state index contributed by atoms with van der Waals surface area (Å²) in [6.07, 6.45) is 0. The maximum Gasteiger partial charge on any atom is 0.265 e. The van der Waals surface area contributed by atoms with Gasteiger partial charge in [0.2, 0.25) is 0 Å². The van der Waals surface area contributed by atoms with Crippen LogP contribution in [0, 0.1) is 16.2 Å². The third kappa shape index (κ3) is 2.78. The maximum atomic E-state index is 10.00. The summed E-state index contributed by atoms with van der Waals surface area (Å²) >= 11 is 6.07. The van der Waals surface area contributed by atoms with Gasteiger partial charge in [-0.1, -0.05) is 17.7 Å². The molecule has 1 radical (unpaired) electrons. The number of rotatable bonds is 2. The molecule has 0 aliphatic carbocycles. The molecule has 3 nitrogen and oxygen atoms in total. The molecule has 0 aliphatic heterocycles. The SMILES string of the molecule is O=[N+]([O-])Sc1cc[c]c(Cl)c1. The zero-order chi connectivity index (χ0) is 8.27. The van der Waals surface area contributed by atoms with E-state index in [1.165, 1.54) is 6.07 Å². The average Bonchev–Trinajstić information content (AvgIpc) is 1.85. The zero-order valence-electron chi connectivity index (χ0n) is 5.28. The third-order valence-electron chi connectivity index (χ3n) is 0.918. The second kappa shape index (κ2) is 3.59. The molecule has 0 saturated carbocycles. The molecule has 57 valence electrons. The number of nitrogens with zero attached hydrogens (tertiary/aromatic N) is 1. The number of benzene rings is 1. The largest absolute Gasteiger partial charge is 0.265 e. The highest BCUT2D eigenvalue weighted by molar-refractivity contribution is 7.93. The third-order valence-corrected chi connectivity index (χ3v) is 1.75. The summed E-state index contributed by atoms with van der Waals surface area (Å²) in [5, 5.41) is 10.4. The van der Waals surface area contributed by atoms with Gasteiger partial charge in [-0.25, -0.2) is 0 Å². The maximum absolute atomic E-state index is 10.00. The molecule has 1 aromatic rings. The summed E-state index contributed by atoms with van der Waals surface area (Å²) < 4.78 is -0.480. The van der Waals surface area contributed by atoms with Crippen LogP contribution in [0.1, 0.15) is 0 Å². The van der Waals surface area contributed by atoms with Crippen molar-refractivity contribution < 1.29 is 4.33 Å². The van der Waals surface area contributed by atoms with E-state index < -0.39 is 4.33 Å². The van der Waals surface area contributed by atoms with Crippen LogP contribution in [0.4, 0.5) is 0 Å². The highest BCUT2D eigenvalue weighted by atomic mass is 35.5. The van der Waals surface area contributed by atoms with E-state index in [1.807, 2.05) is 0 Å². The molecule has 0 atom stereocenters. The van der Waals surface area contributed by atoms with Gasteiger partial charge in [-0.2, -0.15) is 0 Å². The van der Waals surface area contributed by atoms with E-state index in [9.17, 15) is 10.1 Å². The van der Waals surface area contributed by atoms with Crippen LogP contribution < -0.4 is 0 Å². The predicted molar refractivity (Wildman–Crippen MR) is 43.1 cm³/mol. The molecular weight excluding hydrogens is 186 g/mol. The normalized spacial score (nSPS) is 9.55. The van der Waals surface area contributed by atoms with Gasteiger partial charge in [-0.05, 0) is 12.1 Å². The highest BCUT2D eigenvalue weighted by Crippen LogP contribution is 2.20. The van der Waals surface area contributed by atoms with Crippen LogP contribution in [-0.4, -0.2) is 4.33 Å². The summed E-state index contributed by atoms with van der Waals surface area (Å²) in [5.41, 5.74) is 0. The Kier molecular flexibility index (Phi) is 2.73. The Bertz CT molecular complexity index is 279. The van der Waals surface area contributed by atoms with E-state index in [-0.39, 0.29) is 0 Å². The average molecular weight is 189 g/mol. The van der Waals surface area contributed by atoms with Crippen molar-refractivity contribution in [1.29, 1.82) is 0 Å². The van der Waals surface area contributed by atoms with Crippen molar-refractivity contribution in [3.05, 3.63) is 39.4 Å². The molecule has 0 unspecified atom stereocenters. The van der Waals surface area contributed by atoms with Gasteiger partial charge in [0.1, 0.15) is 4.33 Å². The molecule has 0 spiro atoms. The first-order valence-electron chi connectivity index (χ1n) is 2.68. The summed E-state index contributed by atoms with van der Waals surface area (Å²) in [7, 11) is 0. The van der Waals surface area contributed by atoms with Crippen molar-refractivity contribution in [2.45, 2.75) is 4.90 Å². The van der Waals surface area contributed by atoms with E-state index in [1.54, 1.807) is 12.1 Å². The Labute approximate surface area is 72.6 Å². The first-order chi connectivity index (χ1) is 5.18. The minimum absolute atomic E-state index is 0.386. The Morgan fingerprint density at radius 3 is 3.00 bits per heavy atom. The van der Waals surface area contributed by atoms with E-state index in [0.29, 0.717) is 21.9 Å². The van der Waals surface area contributed by atoms with Gasteiger partial charge in [0, 0.05) is 11.1 Å². The predicted octanol–water partition coefficient (Wildman–Crippen LogP) is 2.42. The summed E-state index contributed by atoms with van der Waals surface area (Å²) in [5.74, 6) is 0. The van der Waals surface area contributed by atoms with E-state index in [4.69, 9.17) is 11.6 Å². The number of hydrogen-bond donors (Lipinski definition) is 0. The van der Waals surface area contributed by atoms with Gasteiger partial charge < -0.3 is 0 Å². The Morgan fingerprint density at radius 2 is 2.45 bits per heavy atom. The molecule has 0 N–H and O–H groups in total. The zero-order valence-corrected chi connectivity index (χ0v) is 6.85. The number of nitro groups is 1. The van der Waals surface area contributed by atoms with Crippen LogP contribution >= 0.6 is 23.5 Å². The van der Waals surface area contributed by atoms with E-state index in [2.05, 4.69) is 6.07 Å². The molecule has 0 aromatic heterocycles. The van der Waals surface area contributed by atoms with Crippen LogP contribution in [0.2, 0.25) is 5.02 Å². The van der Waals surface area contributed by atoms with Gasteiger partial charge in [-0.3, -0.25) is 10.1 Å². The fraction of sp³-hybridized carbons (Fsp3) is 0. The topological polar surface area (TPSA) is 43.1 Å². The molecule has 11 heavy (non-hydrogen) atoms. The first-order valence-corrected chi connectivity index (χ1v) is 3.83. The number of halogens is 1. The lowest BCUT2D eigenvalue weighted by atomic mass is 10.4. The van der Waals surface area contributed by atoms with Crippen LogP contribution in [0.5, 0.6) is 0 Å². The lowest BCUT2D eigenvalue weighted by Crippen LogP contribution is -1.82. The highest BCUT2D eigenvalue weighted by Gasteiger charge is 2.04. The quantitative estimate of drug-likeness (QED) is 0.407. The molecule has 1 aromatic carbocycles. The smallest absolute Gasteiger partial charge is 0.250 e. The van der Waals surface area contributed by atoms with Crippen LogP contribution in [-0.2, 0) is 0 Å². The second-order valence-electron chi connectivity index (χ2n) is 1.69. The van der Waals surface area contributed by atoms with Crippen molar-refractivity contribution in [2.75, 3.05) is 0 Å². The first kappa shape index (κ1) is 8.36. The van der Waals surface area contributed by atoms with Gasteiger partial charge in [0.15, 0.2) is 0 Å². The standard InChI is InChI=1S/C6H3ClNO2S/c7-5-2-1-3-6(4-5)11-8(9)10/h1,3-4H. The molecule has 0 saturated heterocycles. The Balaban J connectivity index is 2.79. The van der Waals surface area contributed by atoms with Gasteiger partial charge in [0.05, 0.1) is 4.90 Å². The minimum Gasteiger partial charge on any atom is -0.250 e. The number of hydrogen-bond acceptors (Lipinski definition) is 3. The molecule has 0 fully saturated rings. The Hall–Kier alpha value is -0.740. The van der Waals surface area contributed by atoms with E-state index in [0.717, 1.165) is 0 Å². The molecule has 5 heteroatoms. The Morgan fingerprint density at radius 1 is 1.73 bits per heavy atom. The molecule has 0 aliphatic rings. The van der Waals surface area contributed by atoms with E-state index >= 15 is 0 Å². The summed E-state index contributed by atoms with van der Waals surface area (Å²) in [6, 6.07) is 7.30. The van der Waals surface area contributed by atoms with Gasteiger partial charge in [0.25, 0.3) is 11.9 Å². The van der Waals surface area contributed by atoms with Gasteiger partial charge >= 0.3 is 0 Å². The van der Waals surface area contributed by atoms with Crippen molar-refractivity contribution in [2.24, 2.45) is 0 Å². The summed E-state index contributed by atoms with van der Waals surface area (Å²) in [4.78, 5) is 10.5. The lowest BCUT2D eigenvalue weighted by Gasteiger charge is -1.90. The molecular formula is C6H3ClNO2S. The van der Waals surface area contributed by atoms with Gasteiger partial charge in [-0.15, -0.1) is 0 Å². The molecule has 0 amide bonds. The fourth-order valence-corrected chi connectivity index (χ4v) is 1.28. The minimum atomic E-state index is -0.480.